The third kappa shape index (κ3) is 7.74. The van der Waals surface area contributed by atoms with E-state index in [1.165, 1.54) is 19.3 Å². The van der Waals surface area contributed by atoms with Crippen LogP contribution in [0.15, 0.2) is 71.1 Å². The van der Waals surface area contributed by atoms with E-state index in [4.69, 9.17) is 14.1 Å². The number of β-amino-alcohol motifs (C(OH)–C–C–N with tert-alkyl or cyclic N) is 1. The molecule has 0 aliphatic carbocycles. The van der Waals surface area contributed by atoms with Gasteiger partial charge in [-0.2, -0.15) is 13.2 Å². The number of aliphatic hydroxyl groups excluding tert-OH is 1. The van der Waals surface area contributed by atoms with Crippen molar-refractivity contribution in [3.8, 4) is 28.3 Å². The Bertz CT molecular complexity index is 2190. The maximum absolute atomic E-state index is 14.4. The molecule has 11 heteroatoms. The van der Waals surface area contributed by atoms with Gasteiger partial charge in [0.25, 0.3) is 0 Å². The molecule has 5 aromatic rings. The fourth-order valence-electron chi connectivity index (χ4n) is 7.62. The number of nitrogens with zero attached hydrogens (tertiary/aromatic N) is 3. The predicted octanol–water partition coefficient (Wildman–Crippen LogP) is 8.45. The normalized spacial score (nSPS) is 18.5. The van der Waals surface area contributed by atoms with Crippen LogP contribution in [-0.2, 0) is 24.1 Å². The summed E-state index contributed by atoms with van der Waals surface area (Å²) >= 11 is 0. The largest absolute Gasteiger partial charge is 0.496 e. The number of hydrogen-bond acceptors (Lipinski definition) is 7. The average Bonchev–Trinajstić information content (AvgIpc) is 3.88. The molecule has 2 aliphatic rings. The Kier molecular flexibility index (Phi) is 10.2. The Morgan fingerprint density at radius 1 is 0.906 bits per heavy atom. The highest BCUT2D eigenvalue weighted by atomic mass is 19.4. The highest BCUT2D eigenvalue weighted by molar-refractivity contribution is 5.84. The van der Waals surface area contributed by atoms with E-state index in [1.54, 1.807) is 6.08 Å². The predicted molar refractivity (Wildman–Crippen MR) is 198 cm³/mol. The lowest BCUT2D eigenvalue weighted by molar-refractivity contribution is -0.141. The summed E-state index contributed by atoms with van der Waals surface area (Å²) in [6, 6.07) is 20.2. The fourth-order valence-corrected chi connectivity index (χ4v) is 7.62. The minimum Gasteiger partial charge on any atom is -0.496 e. The van der Waals surface area contributed by atoms with E-state index in [0.29, 0.717) is 61.8 Å². The van der Waals surface area contributed by atoms with E-state index in [-0.39, 0.29) is 18.0 Å². The number of hydrogen-bond donors (Lipinski definition) is 2. The summed E-state index contributed by atoms with van der Waals surface area (Å²) in [6.07, 6.45) is -0.616. The summed E-state index contributed by atoms with van der Waals surface area (Å²) in [7, 11) is 1.45. The number of carbonyl (C=O) groups is 1. The molecule has 2 atom stereocenters. The molecule has 0 radical (unpaired) electrons. The minimum absolute atomic E-state index is 0.00606. The van der Waals surface area contributed by atoms with Crippen LogP contribution < -0.4 is 4.74 Å². The van der Waals surface area contributed by atoms with Gasteiger partial charge in [-0.05, 0) is 103 Å². The van der Waals surface area contributed by atoms with Gasteiger partial charge >= 0.3 is 12.1 Å². The van der Waals surface area contributed by atoms with Gasteiger partial charge in [0, 0.05) is 43.9 Å². The number of aromatic nitrogens is 1. The molecule has 2 aliphatic heterocycles. The Morgan fingerprint density at radius 3 is 2.30 bits per heavy atom. The van der Waals surface area contributed by atoms with Crippen molar-refractivity contribution in [2.75, 3.05) is 33.3 Å². The summed E-state index contributed by atoms with van der Waals surface area (Å²) in [6.45, 7) is 7.16. The monoisotopic (exact) mass is 725 g/mol. The molecule has 2 saturated heterocycles. The minimum atomic E-state index is -4.58. The molecular weight excluding hydrogens is 683 g/mol. The standard InChI is InChI=1S/C42H42F3N3O5/c1-25-28(11-12-29-20-39(52-3)31(19-36(29)42(43,44)45)23-48-17-15-32(49)24-48)6-4-7-33(25)34-8-5-9-35(26(34)2)40-46-37-18-27(10-13-38(37)53-40)21-47-16-14-30(22-47)41(50)51/h4-13,18-20,30,32,49H,14-17,21-24H2,1-3H3,(H,50,51)/b12-11+/t30-,32+/m1/s1. The van der Waals surface area contributed by atoms with Gasteiger partial charge < -0.3 is 19.4 Å². The molecule has 0 saturated carbocycles. The van der Waals surface area contributed by atoms with Crippen LogP contribution in [0, 0.1) is 19.8 Å². The van der Waals surface area contributed by atoms with Gasteiger partial charge in [-0.25, -0.2) is 4.98 Å². The van der Waals surface area contributed by atoms with E-state index in [2.05, 4.69) is 4.90 Å². The second kappa shape index (κ2) is 14.8. The molecule has 8 nitrogen and oxygen atoms in total. The third-order valence-corrected chi connectivity index (χ3v) is 10.6. The first-order chi connectivity index (χ1) is 25.4. The average molecular weight is 726 g/mol. The topological polar surface area (TPSA) is 99.3 Å². The lowest BCUT2D eigenvalue weighted by Crippen LogP contribution is -2.22. The van der Waals surface area contributed by atoms with Gasteiger partial charge in [0.2, 0.25) is 5.89 Å². The smallest absolute Gasteiger partial charge is 0.417 e. The van der Waals surface area contributed by atoms with E-state index < -0.39 is 23.8 Å². The van der Waals surface area contributed by atoms with Crippen LogP contribution in [0.3, 0.4) is 0 Å². The number of benzene rings is 4. The van der Waals surface area contributed by atoms with Crippen LogP contribution in [0.4, 0.5) is 13.2 Å². The number of alkyl halides is 3. The summed E-state index contributed by atoms with van der Waals surface area (Å²) in [5, 5.41) is 19.3. The number of likely N-dealkylation sites (tertiary alicyclic amines) is 2. The van der Waals surface area contributed by atoms with Crippen molar-refractivity contribution in [1.29, 1.82) is 0 Å². The fraction of sp³-hybridized carbons (Fsp3) is 0.333. The van der Waals surface area contributed by atoms with Crippen molar-refractivity contribution < 1.29 is 37.3 Å². The van der Waals surface area contributed by atoms with Crippen LogP contribution >= 0.6 is 0 Å². The number of methoxy groups -OCH3 is 1. The van der Waals surface area contributed by atoms with Crippen LogP contribution in [0.5, 0.6) is 5.75 Å². The van der Waals surface area contributed by atoms with Gasteiger partial charge in [0.1, 0.15) is 11.3 Å². The number of carboxylic acids is 1. The Morgan fingerprint density at radius 2 is 1.60 bits per heavy atom. The van der Waals surface area contributed by atoms with E-state index >= 15 is 0 Å². The SMILES string of the molecule is COc1cc(/C=C/c2cccc(-c3cccc(-c4nc5cc(CN6CC[C@@H](C(=O)O)C6)ccc5o4)c3C)c2C)c(C(F)(F)F)cc1CN1CC[C@H](O)C1. The van der Waals surface area contributed by atoms with Crippen molar-refractivity contribution in [3.05, 3.63) is 106 Å². The number of aliphatic hydroxyl groups is 1. The summed E-state index contributed by atoms with van der Waals surface area (Å²) in [5.41, 5.74) is 7.45. The first-order valence-corrected chi connectivity index (χ1v) is 17.8. The molecule has 0 bridgehead atoms. The van der Waals surface area contributed by atoms with Crippen molar-refractivity contribution in [3.63, 3.8) is 0 Å². The third-order valence-electron chi connectivity index (χ3n) is 10.6. The number of halogens is 3. The highest BCUT2D eigenvalue weighted by Crippen LogP contribution is 2.39. The molecule has 4 aromatic carbocycles. The number of oxazole rings is 1. The first kappa shape index (κ1) is 36.4. The van der Waals surface area contributed by atoms with Crippen molar-refractivity contribution in [2.45, 2.75) is 52.1 Å². The van der Waals surface area contributed by atoms with Crippen molar-refractivity contribution >= 4 is 29.2 Å². The van der Waals surface area contributed by atoms with Crippen LogP contribution in [0.25, 0.3) is 45.8 Å². The molecule has 3 heterocycles. The molecule has 0 amide bonds. The van der Waals surface area contributed by atoms with Gasteiger partial charge in [-0.15, -0.1) is 0 Å². The molecule has 1 aromatic heterocycles. The van der Waals surface area contributed by atoms with Gasteiger partial charge in [-0.3, -0.25) is 14.6 Å². The zero-order valence-electron chi connectivity index (χ0n) is 29.9. The van der Waals surface area contributed by atoms with Gasteiger partial charge in [-0.1, -0.05) is 48.6 Å². The molecule has 7 rings (SSSR count). The molecule has 0 unspecified atom stereocenters. The van der Waals surface area contributed by atoms with E-state index in [1.807, 2.05) is 73.3 Å². The van der Waals surface area contributed by atoms with Gasteiger partial charge in [0.05, 0.1) is 24.7 Å². The lowest BCUT2D eigenvalue weighted by atomic mass is 9.91. The van der Waals surface area contributed by atoms with Crippen LogP contribution in [0.2, 0.25) is 0 Å². The zero-order valence-corrected chi connectivity index (χ0v) is 29.9. The van der Waals surface area contributed by atoms with Crippen molar-refractivity contribution in [1.82, 2.24) is 14.8 Å². The first-order valence-electron chi connectivity index (χ1n) is 17.8. The molecule has 53 heavy (non-hydrogen) atoms. The quantitative estimate of drug-likeness (QED) is 0.139. The number of aliphatic carboxylic acids is 1. The highest BCUT2D eigenvalue weighted by Gasteiger charge is 2.34. The maximum atomic E-state index is 14.4. The maximum Gasteiger partial charge on any atom is 0.417 e. The number of carboxylic acid groups (broad SMARTS) is 1. The van der Waals surface area contributed by atoms with Crippen molar-refractivity contribution in [2.24, 2.45) is 5.92 Å². The van der Waals surface area contributed by atoms with E-state index in [9.17, 15) is 28.2 Å². The second-order valence-electron chi connectivity index (χ2n) is 14.1. The number of fused-ring (bicyclic) bond motifs is 1. The second-order valence-corrected chi connectivity index (χ2v) is 14.1. The molecule has 0 spiro atoms. The lowest BCUT2D eigenvalue weighted by Gasteiger charge is -2.20. The summed E-state index contributed by atoms with van der Waals surface area (Å²) in [4.78, 5) is 20.3. The number of rotatable bonds is 10. The molecule has 276 valence electrons. The Hall–Kier alpha value is -4.97. The summed E-state index contributed by atoms with van der Waals surface area (Å²) < 4.78 is 55.0. The van der Waals surface area contributed by atoms with Gasteiger partial charge in [0.15, 0.2) is 5.58 Å². The van der Waals surface area contributed by atoms with Crippen LogP contribution in [-0.4, -0.2) is 70.4 Å². The van der Waals surface area contributed by atoms with E-state index in [0.717, 1.165) is 57.1 Å². The molecular formula is C42H42F3N3O5. The number of ether oxygens (including phenoxy) is 1. The van der Waals surface area contributed by atoms with Crippen LogP contribution in [0.1, 0.15) is 51.8 Å². The molecule has 2 N–H and O–H groups in total. The Labute approximate surface area is 306 Å². The molecule has 2 fully saturated rings. The Balaban J connectivity index is 1.16. The summed E-state index contributed by atoms with van der Waals surface area (Å²) in [5.74, 6) is -0.236. The zero-order chi connectivity index (χ0) is 37.4.